The summed E-state index contributed by atoms with van der Waals surface area (Å²) in [7, 11) is 0. The van der Waals surface area contributed by atoms with Gasteiger partial charge in [-0.05, 0) is 54.8 Å². The molecule has 1 fully saturated rings. The summed E-state index contributed by atoms with van der Waals surface area (Å²) in [6.07, 6.45) is 2.65. The van der Waals surface area contributed by atoms with Crippen molar-refractivity contribution in [2.45, 2.75) is 25.7 Å². The van der Waals surface area contributed by atoms with Gasteiger partial charge in [0.05, 0.1) is 19.1 Å². The number of hydrogen-bond acceptors (Lipinski definition) is 7. The second-order valence-corrected chi connectivity index (χ2v) is 10.5. The van der Waals surface area contributed by atoms with E-state index in [9.17, 15) is 14.4 Å². The third kappa shape index (κ3) is 5.13. The molecule has 0 spiro atoms. The molecule has 2 bridgehead atoms. The van der Waals surface area contributed by atoms with Crippen molar-refractivity contribution in [3.63, 3.8) is 0 Å². The Morgan fingerprint density at radius 1 is 0.975 bits per heavy atom. The van der Waals surface area contributed by atoms with Gasteiger partial charge in [0.2, 0.25) is 5.91 Å². The van der Waals surface area contributed by atoms with Crippen molar-refractivity contribution in [2.24, 2.45) is 5.92 Å². The summed E-state index contributed by atoms with van der Waals surface area (Å²) in [6.45, 7) is 4.52. The quantitative estimate of drug-likeness (QED) is 0.528. The van der Waals surface area contributed by atoms with E-state index in [0.29, 0.717) is 62.9 Å². The Morgan fingerprint density at radius 3 is 2.70 bits per heavy atom. The van der Waals surface area contributed by atoms with E-state index in [1.54, 1.807) is 22.8 Å². The number of rotatable bonds is 2. The molecule has 3 aromatic rings. The molecular formula is C30H32N4O6. The molecule has 208 valence electrons. The van der Waals surface area contributed by atoms with Gasteiger partial charge in [-0.2, -0.15) is 0 Å². The van der Waals surface area contributed by atoms with Crippen LogP contribution in [0.4, 0.5) is 0 Å². The second kappa shape index (κ2) is 11.0. The van der Waals surface area contributed by atoms with Gasteiger partial charge < -0.3 is 29.0 Å². The fourth-order valence-corrected chi connectivity index (χ4v) is 5.78. The summed E-state index contributed by atoms with van der Waals surface area (Å²) < 4.78 is 16.8. The van der Waals surface area contributed by atoms with Crippen LogP contribution in [0.15, 0.2) is 53.3 Å². The van der Waals surface area contributed by atoms with Crippen LogP contribution in [0.3, 0.4) is 0 Å². The van der Waals surface area contributed by atoms with Gasteiger partial charge in [0.25, 0.3) is 11.8 Å². The first kappa shape index (κ1) is 25.9. The maximum absolute atomic E-state index is 13.6. The van der Waals surface area contributed by atoms with Gasteiger partial charge in [-0.3, -0.25) is 14.4 Å². The maximum Gasteiger partial charge on any atom is 0.276 e. The molecule has 6 rings (SSSR count). The number of aromatic nitrogens is 1. The highest BCUT2D eigenvalue weighted by atomic mass is 16.5. The van der Waals surface area contributed by atoms with Crippen molar-refractivity contribution in [3.05, 3.63) is 77.0 Å². The fourth-order valence-electron chi connectivity index (χ4n) is 5.78. The Labute approximate surface area is 232 Å². The van der Waals surface area contributed by atoms with E-state index in [-0.39, 0.29) is 35.9 Å². The number of benzene rings is 2. The number of hydrogen-bond donors (Lipinski definition) is 1. The molecular weight excluding hydrogens is 512 g/mol. The van der Waals surface area contributed by atoms with Crippen LogP contribution in [-0.4, -0.2) is 78.4 Å². The molecule has 40 heavy (non-hydrogen) atoms. The van der Waals surface area contributed by atoms with E-state index in [0.717, 1.165) is 23.3 Å². The molecule has 0 radical (unpaired) electrons. The zero-order valence-corrected chi connectivity index (χ0v) is 22.4. The van der Waals surface area contributed by atoms with E-state index >= 15 is 0 Å². The van der Waals surface area contributed by atoms with Gasteiger partial charge in [-0.15, -0.1) is 0 Å². The van der Waals surface area contributed by atoms with Gasteiger partial charge in [0.15, 0.2) is 12.1 Å². The van der Waals surface area contributed by atoms with Crippen LogP contribution in [-0.2, 0) is 11.2 Å². The summed E-state index contributed by atoms with van der Waals surface area (Å²) in [6, 6.07) is 13.3. The summed E-state index contributed by atoms with van der Waals surface area (Å²) in [5.74, 6) is 0.860. The predicted molar refractivity (Wildman–Crippen MR) is 144 cm³/mol. The van der Waals surface area contributed by atoms with Crippen molar-refractivity contribution < 1.29 is 28.3 Å². The number of aryl methyl sites for hydroxylation is 1. The average molecular weight is 545 g/mol. The Hall–Kier alpha value is -4.34. The van der Waals surface area contributed by atoms with Crippen molar-refractivity contribution in [3.8, 4) is 11.5 Å². The number of oxazole rings is 1. The Kier molecular flexibility index (Phi) is 7.15. The summed E-state index contributed by atoms with van der Waals surface area (Å²) in [5, 5.41) is 3.03. The molecule has 2 aromatic carbocycles. The largest absolute Gasteiger partial charge is 0.494 e. The third-order valence-corrected chi connectivity index (χ3v) is 7.92. The molecule has 0 saturated carbocycles. The first-order chi connectivity index (χ1) is 19.5. The molecule has 10 heteroatoms. The van der Waals surface area contributed by atoms with E-state index in [2.05, 4.69) is 10.3 Å². The zero-order valence-electron chi connectivity index (χ0n) is 22.4. The number of ether oxygens (including phenoxy) is 2. The van der Waals surface area contributed by atoms with Crippen LogP contribution in [0.2, 0.25) is 0 Å². The number of nitrogens with zero attached hydrogens (tertiary/aromatic N) is 3. The van der Waals surface area contributed by atoms with Crippen molar-refractivity contribution >= 4 is 17.7 Å². The van der Waals surface area contributed by atoms with E-state index in [1.807, 2.05) is 36.4 Å². The monoisotopic (exact) mass is 544 g/mol. The number of amides is 3. The molecule has 0 aliphatic carbocycles. The molecule has 1 saturated heterocycles. The van der Waals surface area contributed by atoms with Crippen LogP contribution in [0, 0.1) is 12.8 Å². The molecule has 10 nitrogen and oxygen atoms in total. The maximum atomic E-state index is 13.6. The normalized spacial score (nSPS) is 21.0. The van der Waals surface area contributed by atoms with E-state index in [1.165, 1.54) is 6.39 Å². The van der Waals surface area contributed by atoms with Gasteiger partial charge in [0.1, 0.15) is 17.3 Å². The van der Waals surface area contributed by atoms with Gasteiger partial charge in [-0.1, -0.05) is 12.1 Å². The van der Waals surface area contributed by atoms with Gasteiger partial charge in [0, 0.05) is 50.6 Å². The van der Waals surface area contributed by atoms with Crippen LogP contribution in [0.5, 0.6) is 11.5 Å². The fraction of sp³-hybridized carbons (Fsp3) is 0.400. The average Bonchev–Trinajstić information content (AvgIpc) is 3.72. The van der Waals surface area contributed by atoms with Crippen LogP contribution < -0.4 is 14.8 Å². The highest BCUT2D eigenvalue weighted by molar-refractivity contribution is 5.96. The molecule has 4 heterocycles. The molecule has 3 aliphatic heterocycles. The lowest BCUT2D eigenvalue weighted by atomic mass is 9.88. The minimum Gasteiger partial charge on any atom is -0.494 e. The Balaban J connectivity index is 1.23. The molecule has 0 unspecified atom stereocenters. The first-order valence-electron chi connectivity index (χ1n) is 13.7. The van der Waals surface area contributed by atoms with Crippen LogP contribution in [0.1, 0.15) is 50.1 Å². The van der Waals surface area contributed by atoms with Crippen LogP contribution in [0.25, 0.3) is 0 Å². The standard InChI is InChI=1S/C30H32N4O6/c1-19-27(32-18-40-19)30(37)33-10-3-12-38-23-5-2-4-20(15-23)24-16-34(17-25(24)28(35)31-9-11-33)29(36)22-6-7-26-21(14-22)8-13-39-26/h2,4-7,14-15,18,24-25H,3,8-13,16-17H2,1H3,(H,31,35)/t24-,25+/m1/s1. The SMILES string of the molecule is Cc1ocnc1C(=O)N1CCCOc2cccc(c2)[C@H]2CN(C(=O)c3ccc4c(c3)CCO4)C[C@@H]2C(=O)NCC1. The van der Waals surface area contributed by atoms with Gasteiger partial charge in [-0.25, -0.2) is 4.98 Å². The first-order valence-corrected chi connectivity index (χ1v) is 13.7. The number of nitrogens with one attached hydrogen (secondary N) is 1. The molecule has 1 N–H and O–H groups in total. The Morgan fingerprint density at radius 2 is 1.85 bits per heavy atom. The third-order valence-electron chi connectivity index (χ3n) is 7.92. The number of likely N-dealkylation sites (tertiary alicyclic amines) is 1. The van der Waals surface area contributed by atoms with E-state index in [4.69, 9.17) is 13.9 Å². The van der Waals surface area contributed by atoms with E-state index < -0.39 is 5.92 Å². The van der Waals surface area contributed by atoms with Crippen molar-refractivity contribution in [1.29, 1.82) is 0 Å². The smallest absolute Gasteiger partial charge is 0.276 e. The molecule has 2 atom stereocenters. The minimum atomic E-state index is -0.443. The lowest BCUT2D eigenvalue weighted by Gasteiger charge is -2.24. The Bertz CT molecular complexity index is 1440. The van der Waals surface area contributed by atoms with Crippen molar-refractivity contribution in [1.82, 2.24) is 20.1 Å². The minimum absolute atomic E-state index is 0.0972. The summed E-state index contributed by atoms with van der Waals surface area (Å²) >= 11 is 0. The highest BCUT2D eigenvalue weighted by Gasteiger charge is 2.41. The summed E-state index contributed by atoms with van der Waals surface area (Å²) in [4.78, 5) is 47.8. The lowest BCUT2D eigenvalue weighted by molar-refractivity contribution is -0.125. The number of carbonyl (C=O) groups is 3. The highest BCUT2D eigenvalue weighted by Crippen LogP contribution is 2.36. The van der Waals surface area contributed by atoms with Gasteiger partial charge >= 0.3 is 0 Å². The topological polar surface area (TPSA) is 114 Å². The lowest BCUT2D eigenvalue weighted by Crippen LogP contribution is -2.42. The molecule has 3 aliphatic rings. The molecule has 3 amide bonds. The summed E-state index contributed by atoms with van der Waals surface area (Å²) in [5.41, 5.74) is 2.87. The predicted octanol–water partition coefficient (Wildman–Crippen LogP) is 2.81. The van der Waals surface area contributed by atoms with Crippen LogP contribution >= 0.6 is 0 Å². The van der Waals surface area contributed by atoms with Crippen molar-refractivity contribution in [2.75, 3.05) is 45.9 Å². The number of carbonyl (C=O) groups excluding carboxylic acids is 3. The zero-order chi connectivity index (χ0) is 27.6. The molecule has 1 aromatic heterocycles. The number of fused-ring (bicyclic) bond motifs is 5. The second-order valence-electron chi connectivity index (χ2n) is 10.5.